The average molecular weight is 440 g/mol. The molecule has 30 heavy (non-hydrogen) atoms. The number of rotatable bonds is 10. The number of ether oxygens (including phenoxy) is 2. The lowest BCUT2D eigenvalue weighted by Crippen LogP contribution is -2.40. The molecule has 2 N–H and O–H groups in total. The maximum atomic E-state index is 12.1. The van der Waals surface area contributed by atoms with Crippen LogP contribution in [0.15, 0.2) is 4.99 Å². The smallest absolute Gasteiger partial charge is 0.350 e. The fourth-order valence-corrected chi connectivity index (χ4v) is 4.37. The lowest BCUT2D eigenvalue weighted by atomic mass is 9.97. The van der Waals surface area contributed by atoms with Gasteiger partial charge in [-0.15, -0.1) is 11.3 Å². The fourth-order valence-electron chi connectivity index (χ4n) is 3.41. The van der Waals surface area contributed by atoms with Gasteiger partial charge in [-0.3, -0.25) is 4.99 Å². The van der Waals surface area contributed by atoms with Gasteiger partial charge in [0.1, 0.15) is 9.88 Å². The number of nitrogens with one attached hydrogen (secondary N) is 2. The highest BCUT2D eigenvalue weighted by Crippen LogP contribution is 2.24. The molecule has 0 aliphatic carbocycles. The molecule has 9 heteroatoms. The summed E-state index contributed by atoms with van der Waals surface area (Å²) in [6.45, 7) is 13.7. The molecule has 1 aliphatic heterocycles. The molecule has 2 heterocycles. The second-order valence-corrected chi connectivity index (χ2v) is 8.58. The van der Waals surface area contributed by atoms with Crippen LogP contribution in [0.1, 0.15) is 60.0 Å². The topological polar surface area (TPSA) is 88.1 Å². The van der Waals surface area contributed by atoms with Crippen LogP contribution in [0, 0.1) is 12.8 Å². The van der Waals surface area contributed by atoms with Gasteiger partial charge in [0, 0.05) is 26.7 Å². The Kier molecular flexibility index (Phi) is 10.5. The summed E-state index contributed by atoms with van der Waals surface area (Å²) < 4.78 is 10.3. The van der Waals surface area contributed by atoms with E-state index < -0.39 is 0 Å². The van der Waals surface area contributed by atoms with E-state index in [0.29, 0.717) is 23.1 Å². The molecule has 0 spiro atoms. The zero-order valence-electron chi connectivity index (χ0n) is 19.0. The first-order valence-corrected chi connectivity index (χ1v) is 11.7. The Balaban J connectivity index is 1.92. The summed E-state index contributed by atoms with van der Waals surface area (Å²) in [7, 11) is 1.75. The largest absolute Gasteiger partial charge is 0.462 e. The van der Waals surface area contributed by atoms with Gasteiger partial charge in [-0.05, 0) is 59.5 Å². The lowest BCUT2D eigenvalue weighted by Gasteiger charge is -2.31. The Bertz CT molecular complexity index is 686. The van der Waals surface area contributed by atoms with E-state index in [4.69, 9.17) is 14.5 Å². The van der Waals surface area contributed by atoms with Gasteiger partial charge in [0.15, 0.2) is 5.96 Å². The average Bonchev–Trinajstić information content (AvgIpc) is 3.13. The molecule has 1 fully saturated rings. The number of hydrogen-bond donors (Lipinski definition) is 2. The van der Waals surface area contributed by atoms with Crippen molar-refractivity contribution in [1.82, 2.24) is 20.5 Å². The zero-order chi connectivity index (χ0) is 21.9. The normalized spacial score (nSPS) is 17.0. The van der Waals surface area contributed by atoms with Crippen molar-refractivity contribution in [3.05, 3.63) is 15.6 Å². The minimum atomic E-state index is -0.302. The van der Waals surface area contributed by atoms with Crippen LogP contribution in [-0.4, -0.2) is 74.9 Å². The molecule has 170 valence electrons. The van der Waals surface area contributed by atoms with E-state index >= 15 is 0 Å². The van der Waals surface area contributed by atoms with Crippen LogP contribution in [0.2, 0.25) is 0 Å². The van der Waals surface area contributed by atoms with Crippen LogP contribution in [0.25, 0.3) is 0 Å². The van der Waals surface area contributed by atoms with E-state index in [1.807, 2.05) is 20.8 Å². The summed E-state index contributed by atoms with van der Waals surface area (Å²) in [4.78, 5) is 24.5. The van der Waals surface area contributed by atoms with Crippen LogP contribution in [0.5, 0.6) is 0 Å². The van der Waals surface area contributed by atoms with E-state index in [1.54, 1.807) is 7.11 Å². The summed E-state index contributed by atoms with van der Waals surface area (Å²) >= 11 is 1.38. The third-order valence-electron chi connectivity index (χ3n) is 5.17. The zero-order valence-corrected chi connectivity index (χ0v) is 19.8. The molecule has 0 saturated carbocycles. The number of hydrogen-bond acceptors (Lipinski definition) is 7. The molecule has 1 aromatic heterocycles. The van der Waals surface area contributed by atoms with Crippen molar-refractivity contribution in [2.24, 2.45) is 10.9 Å². The highest BCUT2D eigenvalue weighted by molar-refractivity contribution is 7.13. The van der Waals surface area contributed by atoms with E-state index in [1.165, 1.54) is 11.3 Å². The Morgan fingerprint density at radius 3 is 2.73 bits per heavy atom. The van der Waals surface area contributed by atoms with Crippen molar-refractivity contribution in [2.75, 3.05) is 53.0 Å². The van der Waals surface area contributed by atoms with E-state index in [0.717, 1.165) is 63.1 Å². The third-order valence-corrected chi connectivity index (χ3v) is 6.49. The molecule has 0 radical (unpaired) electrons. The van der Waals surface area contributed by atoms with Crippen molar-refractivity contribution in [1.29, 1.82) is 0 Å². The number of methoxy groups -OCH3 is 1. The molecule has 8 nitrogen and oxygen atoms in total. The van der Waals surface area contributed by atoms with Crippen LogP contribution in [0.3, 0.4) is 0 Å². The molecule has 1 saturated heterocycles. The molecule has 1 aromatic rings. The Morgan fingerprint density at radius 1 is 1.37 bits per heavy atom. The predicted molar refractivity (Wildman–Crippen MR) is 121 cm³/mol. The second-order valence-electron chi connectivity index (χ2n) is 7.55. The van der Waals surface area contributed by atoms with Crippen molar-refractivity contribution >= 4 is 23.3 Å². The summed E-state index contributed by atoms with van der Waals surface area (Å²) in [6.07, 6.45) is 2.33. The lowest BCUT2D eigenvalue weighted by molar-refractivity contribution is 0.0531. The van der Waals surface area contributed by atoms with Gasteiger partial charge in [-0.25, -0.2) is 9.78 Å². The van der Waals surface area contributed by atoms with E-state index in [-0.39, 0.29) is 12.0 Å². The monoisotopic (exact) mass is 439 g/mol. The van der Waals surface area contributed by atoms with Gasteiger partial charge in [0.25, 0.3) is 0 Å². The van der Waals surface area contributed by atoms with Crippen LogP contribution >= 0.6 is 11.3 Å². The number of likely N-dealkylation sites (tertiary alicyclic amines) is 1. The standard InChI is InChI=1S/C21H37N5O3S/c1-6-22-21(23-14-17-8-10-26(11-9-17)12-13-28-5)25-16(4)19-24-15(3)18(30-19)20(27)29-7-2/h16-17H,6-14H2,1-5H3,(H2,22,23,25). The number of aliphatic imine (C=N–C) groups is 1. The van der Waals surface area contributed by atoms with Crippen LogP contribution < -0.4 is 10.6 Å². The number of aromatic nitrogens is 1. The number of carbonyl (C=O) groups excluding carboxylic acids is 1. The fraction of sp³-hybridized carbons (Fsp3) is 0.762. The first kappa shape index (κ1) is 24.6. The van der Waals surface area contributed by atoms with Crippen molar-refractivity contribution in [3.63, 3.8) is 0 Å². The van der Waals surface area contributed by atoms with Gasteiger partial charge in [0.05, 0.1) is 24.9 Å². The number of guanidine groups is 1. The Hall–Kier alpha value is -1.71. The van der Waals surface area contributed by atoms with Gasteiger partial charge < -0.3 is 25.0 Å². The first-order chi connectivity index (χ1) is 14.5. The number of piperidine rings is 1. The summed E-state index contributed by atoms with van der Waals surface area (Å²) in [5.74, 6) is 1.09. The third kappa shape index (κ3) is 7.52. The van der Waals surface area contributed by atoms with Gasteiger partial charge >= 0.3 is 5.97 Å². The molecule has 1 unspecified atom stereocenters. The van der Waals surface area contributed by atoms with Crippen LogP contribution in [-0.2, 0) is 9.47 Å². The predicted octanol–water partition coefficient (Wildman–Crippen LogP) is 2.60. The van der Waals surface area contributed by atoms with E-state index in [9.17, 15) is 4.79 Å². The molecule has 1 aliphatic rings. The quantitative estimate of drug-likeness (QED) is 0.329. The second kappa shape index (κ2) is 12.9. The summed E-state index contributed by atoms with van der Waals surface area (Å²) in [6, 6.07) is -0.0504. The van der Waals surface area contributed by atoms with Crippen molar-refractivity contribution in [2.45, 2.75) is 46.6 Å². The number of thiazole rings is 1. The van der Waals surface area contributed by atoms with E-state index in [2.05, 4.69) is 27.4 Å². The molecule has 2 rings (SSSR count). The minimum absolute atomic E-state index is 0.0504. The molecule has 0 amide bonds. The summed E-state index contributed by atoms with van der Waals surface area (Å²) in [5.41, 5.74) is 0.712. The maximum absolute atomic E-state index is 12.1. The van der Waals surface area contributed by atoms with Gasteiger partial charge in [0.2, 0.25) is 0 Å². The highest BCUT2D eigenvalue weighted by atomic mass is 32.1. The number of aryl methyl sites for hydroxylation is 1. The SMILES string of the molecule is CCNC(=NCC1CCN(CCOC)CC1)NC(C)c1nc(C)c(C(=O)OCC)s1. The number of carbonyl (C=O) groups is 1. The van der Waals surface area contributed by atoms with Gasteiger partial charge in [-0.2, -0.15) is 0 Å². The molecule has 0 bridgehead atoms. The van der Waals surface area contributed by atoms with Gasteiger partial charge in [-0.1, -0.05) is 0 Å². The van der Waals surface area contributed by atoms with Crippen molar-refractivity contribution < 1.29 is 14.3 Å². The number of nitrogens with zero attached hydrogens (tertiary/aromatic N) is 3. The van der Waals surface area contributed by atoms with Crippen LogP contribution in [0.4, 0.5) is 0 Å². The Labute approximate surface area is 184 Å². The molecular formula is C21H37N5O3S. The Morgan fingerprint density at radius 2 is 2.10 bits per heavy atom. The molecular weight excluding hydrogens is 402 g/mol. The summed E-state index contributed by atoms with van der Waals surface area (Å²) in [5, 5.41) is 7.61. The maximum Gasteiger partial charge on any atom is 0.350 e. The molecule has 1 atom stereocenters. The highest BCUT2D eigenvalue weighted by Gasteiger charge is 2.21. The minimum Gasteiger partial charge on any atom is -0.462 e. The molecule has 0 aromatic carbocycles. The first-order valence-electron chi connectivity index (χ1n) is 10.9. The van der Waals surface area contributed by atoms with Crippen molar-refractivity contribution in [3.8, 4) is 0 Å². The number of esters is 1.